The number of nitrogens with two attached hydrogens (primary N) is 1. The Balaban J connectivity index is 0.00000121. The number of hydrogen-bond acceptors (Lipinski definition) is 4. The van der Waals surface area contributed by atoms with Crippen LogP contribution < -0.4 is 10.6 Å². The van der Waals surface area contributed by atoms with Crippen LogP contribution in [0.2, 0.25) is 0 Å². The fourth-order valence-electron chi connectivity index (χ4n) is 2.75. The van der Waals surface area contributed by atoms with Crippen molar-refractivity contribution in [3.63, 3.8) is 0 Å². The molecule has 0 amide bonds. The van der Waals surface area contributed by atoms with E-state index in [1.165, 1.54) is 28.4 Å². The number of nitrogen functional groups attached to an aromatic ring is 1. The maximum Gasteiger partial charge on any atom is 0.0954 e. The Morgan fingerprint density at radius 3 is 2.77 bits per heavy atom. The van der Waals surface area contributed by atoms with Crippen LogP contribution in [0.15, 0.2) is 23.6 Å². The minimum absolute atomic E-state index is 0. The highest BCUT2D eigenvalue weighted by Gasteiger charge is 2.19. The van der Waals surface area contributed by atoms with Crippen molar-refractivity contribution in [2.75, 3.05) is 17.2 Å². The number of rotatable bonds is 3. The fraction of sp³-hybridized carbons (Fsp3) is 0.438. The van der Waals surface area contributed by atoms with Crippen molar-refractivity contribution < 1.29 is 0 Å². The second kappa shape index (κ2) is 8.04. The molecule has 1 aromatic carbocycles. The molecule has 1 aromatic heterocycles. The zero-order valence-electron chi connectivity index (χ0n) is 12.9. The lowest BCUT2D eigenvalue weighted by Gasteiger charge is -2.31. The zero-order valence-corrected chi connectivity index (χ0v) is 15.4. The number of hydrogen-bond donors (Lipinski definition) is 1. The lowest BCUT2D eigenvalue weighted by Crippen LogP contribution is -2.29. The third-order valence-corrected chi connectivity index (χ3v) is 4.99. The van der Waals surface area contributed by atoms with Crippen molar-refractivity contribution in [1.82, 2.24) is 4.98 Å². The molecule has 0 unspecified atom stereocenters. The molecular formula is C16H23Cl2N3S. The molecule has 2 N–H and O–H groups in total. The molecule has 0 saturated heterocycles. The third-order valence-electron chi connectivity index (χ3n) is 3.80. The quantitative estimate of drug-likeness (QED) is 0.811. The summed E-state index contributed by atoms with van der Waals surface area (Å²) in [6.45, 7) is 6.36. The van der Waals surface area contributed by atoms with Gasteiger partial charge in [0.05, 0.1) is 17.2 Å². The van der Waals surface area contributed by atoms with E-state index in [0.717, 1.165) is 25.2 Å². The van der Waals surface area contributed by atoms with E-state index in [2.05, 4.69) is 30.2 Å². The molecule has 122 valence electrons. The molecule has 0 atom stereocenters. The van der Waals surface area contributed by atoms with Gasteiger partial charge in [0.1, 0.15) is 0 Å². The van der Waals surface area contributed by atoms with Gasteiger partial charge in [-0.3, -0.25) is 0 Å². The van der Waals surface area contributed by atoms with Crippen LogP contribution >= 0.6 is 36.2 Å². The number of thiazole rings is 1. The van der Waals surface area contributed by atoms with Crippen molar-refractivity contribution in [1.29, 1.82) is 0 Å². The first-order chi connectivity index (χ1) is 9.65. The second-order valence-electron chi connectivity index (χ2n) is 5.70. The number of anilines is 2. The third kappa shape index (κ3) is 3.86. The van der Waals surface area contributed by atoms with E-state index >= 15 is 0 Å². The first-order valence-electron chi connectivity index (χ1n) is 7.21. The van der Waals surface area contributed by atoms with E-state index in [1.54, 1.807) is 11.3 Å². The monoisotopic (exact) mass is 359 g/mol. The molecule has 22 heavy (non-hydrogen) atoms. The van der Waals surface area contributed by atoms with Crippen LogP contribution in [0.3, 0.4) is 0 Å². The Kier molecular flexibility index (Phi) is 6.98. The standard InChI is InChI=1S/C16H21N3S.2ClH/c1-11(2)16-18-12(10-20-16)9-19-8-4-5-13-14(17)6-3-7-15(13)19;;/h3,6-7,10-11H,4-5,8-9,17H2,1-2H3;2*1H. The van der Waals surface area contributed by atoms with Crippen molar-refractivity contribution in [3.8, 4) is 0 Å². The molecule has 0 fully saturated rings. The molecule has 1 aliphatic heterocycles. The molecule has 0 spiro atoms. The number of benzene rings is 1. The van der Waals surface area contributed by atoms with Crippen LogP contribution in [-0.2, 0) is 13.0 Å². The number of nitrogens with zero attached hydrogens (tertiary/aromatic N) is 2. The number of aromatic nitrogens is 1. The summed E-state index contributed by atoms with van der Waals surface area (Å²) in [7, 11) is 0. The van der Waals surface area contributed by atoms with E-state index in [1.807, 2.05) is 12.1 Å². The van der Waals surface area contributed by atoms with E-state index in [4.69, 9.17) is 10.7 Å². The van der Waals surface area contributed by atoms with Gasteiger partial charge in [-0.2, -0.15) is 0 Å². The molecule has 1 aliphatic rings. The number of halogens is 2. The van der Waals surface area contributed by atoms with Crippen molar-refractivity contribution in [3.05, 3.63) is 39.8 Å². The Labute approximate surface area is 148 Å². The van der Waals surface area contributed by atoms with Gasteiger partial charge in [0.2, 0.25) is 0 Å². The first-order valence-corrected chi connectivity index (χ1v) is 8.09. The molecule has 2 aromatic rings. The maximum atomic E-state index is 6.10. The summed E-state index contributed by atoms with van der Waals surface area (Å²) in [5.41, 5.74) is 10.8. The Hall–Kier alpha value is -0.970. The summed E-state index contributed by atoms with van der Waals surface area (Å²) in [4.78, 5) is 7.16. The smallest absolute Gasteiger partial charge is 0.0954 e. The lowest BCUT2D eigenvalue weighted by molar-refractivity contribution is 0.684. The highest BCUT2D eigenvalue weighted by atomic mass is 35.5. The molecular weight excluding hydrogens is 337 g/mol. The highest BCUT2D eigenvalue weighted by Crippen LogP contribution is 2.32. The van der Waals surface area contributed by atoms with Gasteiger partial charge in [0.15, 0.2) is 0 Å². The highest BCUT2D eigenvalue weighted by molar-refractivity contribution is 7.09. The molecule has 2 heterocycles. The van der Waals surface area contributed by atoms with Crippen LogP contribution in [0.1, 0.15) is 42.5 Å². The molecule has 0 radical (unpaired) electrons. The van der Waals surface area contributed by atoms with Gasteiger partial charge in [0, 0.05) is 29.2 Å². The summed E-state index contributed by atoms with van der Waals surface area (Å²) in [6, 6.07) is 6.23. The van der Waals surface area contributed by atoms with E-state index in [9.17, 15) is 0 Å². The number of fused-ring (bicyclic) bond motifs is 1. The van der Waals surface area contributed by atoms with Gasteiger partial charge in [-0.25, -0.2) is 4.98 Å². The first kappa shape index (κ1) is 19.1. The molecule has 0 bridgehead atoms. The van der Waals surface area contributed by atoms with Crippen molar-refractivity contribution >= 4 is 47.5 Å². The van der Waals surface area contributed by atoms with E-state index < -0.39 is 0 Å². The summed E-state index contributed by atoms with van der Waals surface area (Å²) < 4.78 is 0. The summed E-state index contributed by atoms with van der Waals surface area (Å²) in [5.74, 6) is 0.512. The fourth-order valence-corrected chi connectivity index (χ4v) is 3.57. The van der Waals surface area contributed by atoms with Gasteiger partial charge in [-0.05, 0) is 30.5 Å². The predicted octanol–water partition coefficient (Wildman–Crippen LogP) is 4.65. The Morgan fingerprint density at radius 1 is 1.32 bits per heavy atom. The van der Waals surface area contributed by atoms with Crippen LogP contribution in [0.4, 0.5) is 11.4 Å². The summed E-state index contributed by atoms with van der Waals surface area (Å²) in [5, 5.41) is 3.42. The van der Waals surface area contributed by atoms with Gasteiger partial charge < -0.3 is 10.6 Å². The predicted molar refractivity (Wildman–Crippen MR) is 101 cm³/mol. The van der Waals surface area contributed by atoms with Crippen molar-refractivity contribution in [2.24, 2.45) is 0 Å². The topological polar surface area (TPSA) is 42.2 Å². The van der Waals surface area contributed by atoms with Gasteiger partial charge in [-0.1, -0.05) is 19.9 Å². The largest absolute Gasteiger partial charge is 0.398 e. The Bertz CT molecular complexity index is 613. The minimum Gasteiger partial charge on any atom is -0.398 e. The van der Waals surface area contributed by atoms with Crippen LogP contribution in [0, 0.1) is 0 Å². The molecule has 0 saturated carbocycles. The molecule has 6 heteroatoms. The Morgan fingerprint density at radius 2 is 2.09 bits per heavy atom. The average molecular weight is 360 g/mol. The zero-order chi connectivity index (χ0) is 14.1. The normalized spacial score (nSPS) is 13.3. The second-order valence-corrected chi connectivity index (χ2v) is 6.59. The average Bonchev–Trinajstić information content (AvgIpc) is 2.89. The summed E-state index contributed by atoms with van der Waals surface area (Å²) >= 11 is 1.77. The van der Waals surface area contributed by atoms with E-state index in [-0.39, 0.29) is 24.8 Å². The molecule has 0 aliphatic carbocycles. The van der Waals surface area contributed by atoms with E-state index in [0.29, 0.717) is 5.92 Å². The molecule has 3 rings (SSSR count). The maximum absolute atomic E-state index is 6.10. The molecule has 3 nitrogen and oxygen atoms in total. The van der Waals surface area contributed by atoms with Gasteiger partial charge in [-0.15, -0.1) is 36.2 Å². The van der Waals surface area contributed by atoms with Crippen LogP contribution in [0.25, 0.3) is 0 Å². The van der Waals surface area contributed by atoms with Crippen molar-refractivity contribution in [2.45, 2.75) is 39.2 Å². The summed E-state index contributed by atoms with van der Waals surface area (Å²) in [6.07, 6.45) is 2.26. The SMILES string of the molecule is CC(C)c1nc(CN2CCCc3c(N)cccc32)cs1.Cl.Cl. The minimum atomic E-state index is 0. The lowest BCUT2D eigenvalue weighted by atomic mass is 10.00. The van der Waals surface area contributed by atoms with Gasteiger partial charge in [0.25, 0.3) is 0 Å². The van der Waals surface area contributed by atoms with Crippen LogP contribution in [-0.4, -0.2) is 11.5 Å². The van der Waals surface area contributed by atoms with Gasteiger partial charge >= 0.3 is 0 Å². The van der Waals surface area contributed by atoms with Crippen LogP contribution in [0.5, 0.6) is 0 Å².